The number of hydrogen-bond acceptors (Lipinski definition) is 5. The van der Waals surface area contributed by atoms with Crippen LogP contribution >= 0.6 is 0 Å². The maximum Gasteiger partial charge on any atom is 0.492 e. The van der Waals surface area contributed by atoms with E-state index in [0.29, 0.717) is 32.8 Å². The Labute approximate surface area is 112 Å². The predicted molar refractivity (Wildman–Crippen MR) is 69.0 cm³/mol. The summed E-state index contributed by atoms with van der Waals surface area (Å²) in [6.07, 6.45) is 0.641. The molecule has 0 aliphatic carbocycles. The summed E-state index contributed by atoms with van der Waals surface area (Å²) in [6.45, 7) is 1.92. The first-order chi connectivity index (χ1) is 9.15. The van der Waals surface area contributed by atoms with E-state index in [1.807, 2.05) is 0 Å². The van der Waals surface area contributed by atoms with Crippen molar-refractivity contribution in [3.05, 3.63) is 24.0 Å². The highest BCUT2D eigenvalue weighted by atomic mass is 19.1. The van der Waals surface area contributed by atoms with Gasteiger partial charge in [0.15, 0.2) is 0 Å². The fourth-order valence-corrected chi connectivity index (χ4v) is 1.44. The van der Waals surface area contributed by atoms with Crippen LogP contribution in [-0.4, -0.2) is 50.7 Å². The van der Waals surface area contributed by atoms with Gasteiger partial charge in [0, 0.05) is 25.6 Å². The fourth-order valence-electron chi connectivity index (χ4n) is 1.44. The summed E-state index contributed by atoms with van der Waals surface area (Å²) in [5, 5.41) is 18.2. The molecule has 0 aliphatic heterocycles. The molecule has 0 atom stereocenters. The van der Waals surface area contributed by atoms with Crippen molar-refractivity contribution in [3.63, 3.8) is 0 Å². The SMILES string of the molecule is COCCOCCCOc1ccc(F)cc1B(O)O. The number of methoxy groups -OCH3 is 1. The normalized spacial score (nSPS) is 10.5. The zero-order chi connectivity index (χ0) is 14.1. The van der Waals surface area contributed by atoms with Crippen LogP contribution in [0, 0.1) is 5.82 Å². The van der Waals surface area contributed by atoms with Gasteiger partial charge < -0.3 is 24.3 Å². The second-order valence-corrected chi connectivity index (χ2v) is 3.86. The molecule has 2 N–H and O–H groups in total. The number of ether oxygens (including phenoxy) is 3. The molecular weight excluding hydrogens is 254 g/mol. The minimum Gasteiger partial charge on any atom is -0.494 e. The Hall–Kier alpha value is -1.15. The number of benzene rings is 1. The molecule has 0 saturated carbocycles. The maximum atomic E-state index is 13.0. The molecule has 19 heavy (non-hydrogen) atoms. The van der Waals surface area contributed by atoms with E-state index >= 15 is 0 Å². The summed E-state index contributed by atoms with van der Waals surface area (Å²) in [7, 11) is -0.161. The lowest BCUT2D eigenvalue weighted by molar-refractivity contribution is 0.0645. The van der Waals surface area contributed by atoms with Crippen molar-refractivity contribution in [2.45, 2.75) is 6.42 Å². The van der Waals surface area contributed by atoms with Crippen LogP contribution in [-0.2, 0) is 9.47 Å². The van der Waals surface area contributed by atoms with Crippen LogP contribution in [0.2, 0.25) is 0 Å². The molecule has 106 valence electrons. The summed E-state index contributed by atoms with van der Waals surface area (Å²) in [5.41, 5.74) is 0.0142. The highest BCUT2D eigenvalue weighted by Crippen LogP contribution is 2.10. The Balaban J connectivity index is 2.33. The smallest absolute Gasteiger partial charge is 0.492 e. The molecule has 1 aromatic carbocycles. The fraction of sp³-hybridized carbons (Fsp3) is 0.500. The van der Waals surface area contributed by atoms with Crippen molar-refractivity contribution in [3.8, 4) is 5.75 Å². The molecule has 0 heterocycles. The lowest BCUT2D eigenvalue weighted by Crippen LogP contribution is -2.32. The summed E-state index contributed by atoms with van der Waals surface area (Å²) in [5.74, 6) is -0.286. The average molecular weight is 272 g/mol. The molecule has 0 amide bonds. The van der Waals surface area contributed by atoms with Crippen LogP contribution in [0.4, 0.5) is 4.39 Å². The third-order valence-electron chi connectivity index (χ3n) is 2.37. The van der Waals surface area contributed by atoms with Gasteiger partial charge in [0.05, 0.1) is 19.8 Å². The third-order valence-corrected chi connectivity index (χ3v) is 2.37. The minimum atomic E-state index is -1.76. The minimum absolute atomic E-state index is 0.0142. The zero-order valence-electron chi connectivity index (χ0n) is 10.8. The third kappa shape index (κ3) is 6.02. The molecule has 0 spiro atoms. The van der Waals surface area contributed by atoms with Crippen molar-refractivity contribution >= 4 is 12.6 Å². The van der Waals surface area contributed by atoms with Gasteiger partial charge in [-0.3, -0.25) is 0 Å². The first-order valence-corrected chi connectivity index (χ1v) is 6.00. The Bertz CT molecular complexity index is 375. The molecule has 0 radical (unpaired) electrons. The Morgan fingerprint density at radius 2 is 1.95 bits per heavy atom. The summed E-state index contributed by atoms with van der Waals surface area (Å²) in [4.78, 5) is 0. The van der Waals surface area contributed by atoms with Gasteiger partial charge in [-0.15, -0.1) is 0 Å². The van der Waals surface area contributed by atoms with Crippen LogP contribution in [0.25, 0.3) is 0 Å². The van der Waals surface area contributed by atoms with Crippen LogP contribution < -0.4 is 10.2 Å². The van der Waals surface area contributed by atoms with Crippen molar-refractivity contribution in [1.82, 2.24) is 0 Å². The molecule has 1 rings (SSSR count). The highest BCUT2D eigenvalue weighted by Gasteiger charge is 2.17. The number of hydrogen-bond donors (Lipinski definition) is 2. The van der Waals surface area contributed by atoms with Crippen molar-refractivity contribution < 1.29 is 28.6 Å². The van der Waals surface area contributed by atoms with Crippen molar-refractivity contribution in [2.75, 3.05) is 33.5 Å². The first kappa shape index (κ1) is 15.9. The topological polar surface area (TPSA) is 68.2 Å². The van der Waals surface area contributed by atoms with E-state index in [0.717, 1.165) is 6.07 Å². The summed E-state index contributed by atoms with van der Waals surface area (Å²) < 4.78 is 28.4. The van der Waals surface area contributed by atoms with Crippen LogP contribution in [0.15, 0.2) is 18.2 Å². The monoisotopic (exact) mass is 272 g/mol. The molecule has 0 unspecified atom stereocenters. The van der Waals surface area contributed by atoms with Gasteiger partial charge in [0.2, 0.25) is 0 Å². The van der Waals surface area contributed by atoms with Crippen molar-refractivity contribution in [2.24, 2.45) is 0 Å². The molecular formula is C12H18BFO5. The van der Waals surface area contributed by atoms with Gasteiger partial charge in [-0.2, -0.15) is 0 Å². The van der Waals surface area contributed by atoms with Gasteiger partial charge in [0.1, 0.15) is 11.6 Å². The van der Waals surface area contributed by atoms with E-state index in [-0.39, 0.29) is 11.2 Å². The molecule has 0 aromatic heterocycles. The van der Waals surface area contributed by atoms with E-state index < -0.39 is 12.9 Å². The molecule has 0 fully saturated rings. The Morgan fingerprint density at radius 3 is 2.63 bits per heavy atom. The predicted octanol–water partition coefficient (Wildman–Crippen LogP) is -0.0626. The number of halogens is 1. The lowest BCUT2D eigenvalue weighted by Gasteiger charge is -2.11. The Kier molecular flexibility index (Phi) is 7.43. The van der Waals surface area contributed by atoms with Crippen LogP contribution in [0.1, 0.15) is 6.42 Å². The highest BCUT2D eigenvalue weighted by molar-refractivity contribution is 6.59. The van der Waals surface area contributed by atoms with E-state index in [1.165, 1.54) is 12.1 Å². The standard InChI is InChI=1S/C12H18BFO5/c1-17-7-8-18-5-2-6-19-12-4-3-10(14)9-11(12)13(15)16/h3-4,9,15-16H,2,5-8H2,1H3. The first-order valence-electron chi connectivity index (χ1n) is 6.00. The van der Waals surface area contributed by atoms with Gasteiger partial charge >= 0.3 is 7.12 Å². The largest absolute Gasteiger partial charge is 0.494 e. The molecule has 0 aliphatic rings. The van der Waals surface area contributed by atoms with E-state index in [1.54, 1.807) is 7.11 Å². The molecule has 5 nitrogen and oxygen atoms in total. The van der Waals surface area contributed by atoms with E-state index in [4.69, 9.17) is 24.3 Å². The molecule has 0 saturated heterocycles. The van der Waals surface area contributed by atoms with E-state index in [2.05, 4.69) is 0 Å². The quantitative estimate of drug-likeness (QED) is 0.487. The second-order valence-electron chi connectivity index (χ2n) is 3.86. The molecule has 7 heteroatoms. The Morgan fingerprint density at radius 1 is 1.16 bits per heavy atom. The second kappa shape index (κ2) is 8.87. The average Bonchev–Trinajstić information content (AvgIpc) is 2.39. The molecule has 0 bridgehead atoms. The van der Waals surface area contributed by atoms with Crippen LogP contribution in [0.3, 0.4) is 0 Å². The lowest BCUT2D eigenvalue weighted by atomic mass is 9.79. The number of rotatable bonds is 9. The van der Waals surface area contributed by atoms with Gasteiger partial charge in [-0.25, -0.2) is 4.39 Å². The summed E-state index contributed by atoms with van der Waals surface area (Å²) >= 11 is 0. The maximum absolute atomic E-state index is 13.0. The van der Waals surface area contributed by atoms with Gasteiger partial charge in [0.25, 0.3) is 0 Å². The van der Waals surface area contributed by atoms with Gasteiger partial charge in [-0.05, 0) is 18.2 Å². The molecule has 1 aromatic rings. The van der Waals surface area contributed by atoms with Gasteiger partial charge in [-0.1, -0.05) is 0 Å². The van der Waals surface area contributed by atoms with Crippen molar-refractivity contribution in [1.29, 1.82) is 0 Å². The zero-order valence-corrected chi connectivity index (χ0v) is 10.8. The van der Waals surface area contributed by atoms with Crippen LogP contribution in [0.5, 0.6) is 5.75 Å². The van der Waals surface area contributed by atoms with E-state index in [9.17, 15) is 4.39 Å². The summed E-state index contributed by atoms with van der Waals surface area (Å²) in [6, 6.07) is 3.61.